The molecule has 0 aromatic carbocycles. The number of hydrogen-bond acceptors (Lipinski definition) is 1. The van der Waals surface area contributed by atoms with Crippen molar-refractivity contribution in [2.45, 2.75) is 52.5 Å². The predicted octanol–water partition coefficient (Wildman–Crippen LogP) is 2.80. The molecule has 12 heavy (non-hydrogen) atoms. The number of rotatable bonds is 2. The summed E-state index contributed by atoms with van der Waals surface area (Å²) in [5.41, 5.74) is 5.92. The van der Waals surface area contributed by atoms with Crippen LogP contribution >= 0.6 is 0 Å². The van der Waals surface area contributed by atoms with Crippen molar-refractivity contribution in [3.05, 3.63) is 0 Å². The minimum Gasteiger partial charge on any atom is -0.328 e. The van der Waals surface area contributed by atoms with Gasteiger partial charge in [0.1, 0.15) is 0 Å². The summed E-state index contributed by atoms with van der Waals surface area (Å²) in [6.07, 6.45) is 5.26. The zero-order valence-electron chi connectivity index (χ0n) is 8.72. The Balaban J connectivity index is 2.34. The smallest absolute Gasteiger partial charge is 0.00415 e. The Kier molecular flexibility index (Phi) is 3.57. The molecule has 0 aliphatic heterocycles. The number of hydrogen-bond donors (Lipinski definition) is 1. The van der Waals surface area contributed by atoms with E-state index in [2.05, 4.69) is 20.8 Å². The van der Waals surface area contributed by atoms with Gasteiger partial charge in [0, 0.05) is 6.04 Å². The van der Waals surface area contributed by atoms with Crippen molar-refractivity contribution < 1.29 is 0 Å². The topological polar surface area (TPSA) is 26.0 Å². The van der Waals surface area contributed by atoms with Gasteiger partial charge in [-0.2, -0.15) is 0 Å². The van der Waals surface area contributed by atoms with Crippen LogP contribution in [0.15, 0.2) is 0 Å². The molecule has 0 spiro atoms. The average Bonchev–Trinajstić information content (AvgIpc) is 1.94. The van der Waals surface area contributed by atoms with Gasteiger partial charge in [0.15, 0.2) is 0 Å². The largest absolute Gasteiger partial charge is 0.328 e. The second kappa shape index (κ2) is 4.27. The molecule has 1 saturated carbocycles. The Morgan fingerprint density at radius 2 is 2.00 bits per heavy atom. The van der Waals surface area contributed by atoms with Crippen LogP contribution < -0.4 is 5.73 Å². The van der Waals surface area contributed by atoms with Gasteiger partial charge in [-0.25, -0.2) is 0 Å². The third kappa shape index (κ3) is 2.78. The van der Waals surface area contributed by atoms with E-state index in [1.54, 1.807) is 0 Å². The monoisotopic (exact) mass is 169 g/mol. The zero-order valence-corrected chi connectivity index (χ0v) is 8.72. The number of nitrogens with two attached hydrogens (primary N) is 1. The third-order valence-electron chi connectivity index (χ3n) is 3.16. The van der Waals surface area contributed by atoms with Gasteiger partial charge < -0.3 is 5.73 Å². The van der Waals surface area contributed by atoms with Crippen molar-refractivity contribution >= 4 is 0 Å². The van der Waals surface area contributed by atoms with Crippen LogP contribution in [-0.4, -0.2) is 6.04 Å². The first kappa shape index (κ1) is 10.0. The SMILES string of the molecule is CC(C)CC1CCC(N)CC1C. The van der Waals surface area contributed by atoms with Gasteiger partial charge in [-0.1, -0.05) is 20.8 Å². The second-order valence-corrected chi connectivity index (χ2v) is 4.94. The van der Waals surface area contributed by atoms with E-state index in [-0.39, 0.29) is 0 Å². The van der Waals surface area contributed by atoms with Gasteiger partial charge in [0.2, 0.25) is 0 Å². The summed E-state index contributed by atoms with van der Waals surface area (Å²) in [7, 11) is 0. The molecule has 2 N–H and O–H groups in total. The van der Waals surface area contributed by atoms with Gasteiger partial charge in [0.25, 0.3) is 0 Å². The maximum atomic E-state index is 5.92. The molecule has 0 saturated heterocycles. The molecule has 1 rings (SSSR count). The molecule has 1 aliphatic rings. The van der Waals surface area contributed by atoms with Gasteiger partial charge in [-0.15, -0.1) is 0 Å². The average molecular weight is 169 g/mol. The van der Waals surface area contributed by atoms with Crippen LogP contribution in [0.3, 0.4) is 0 Å². The molecule has 0 radical (unpaired) electrons. The Morgan fingerprint density at radius 1 is 1.33 bits per heavy atom. The molecular formula is C11H23N. The highest BCUT2D eigenvalue weighted by molar-refractivity contribution is 4.79. The molecule has 3 unspecified atom stereocenters. The van der Waals surface area contributed by atoms with Crippen molar-refractivity contribution in [1.29, 1.82) is 0 Å². The highest BCUT2D eigenvalue weighted by Gasteiger charge is 2.25. The fourth-order valence-corrected chi connectivity index (χ4v) is 2.46. The van der Waals surface area contributed by atoms with Crippen molar-refractivity contribution in [1.82, 2.24) is 0 Å². The van der Waals surface area contributed by atoms with Gasteiger partial charge in [-0.05, 0) is 43.4 Å². The Morgan fingerprint density at radius 3 is 2.50 bits per heavy atom. The summed E-state index contributed by atoms with van der Waals surface area (Å²) in [6.45, 7) is 7.01. The Bertz CT molecular complexity index is 131. The van der Waals surface area contributed by atoms with E-state index in [1.165, 1.54) is 25.7 Å². The molecule has 1 aliphatic carbocycles. The van der Waals surface area contributed by atoms with E-state index >= 15 is 0 Å². The molecule has 0 amide bonds. The first-order chi connectivity index (χ1) is 5.59. The molecule has 1 fully saturated rings. The van der Waals surface area contributed by atoms with Crippen LogP contribution in [0, 0.1) is 17.8 Å². The van der Waals surface area contributed by atoms with E-state index in [0.717, 1.165) is 17.8 Å². The lowest BCUT2D eigenvalue weighted by Gasteiger charge is -2.33. The third-order valence-corrected chi connectivity index (χ3v) is 3.16. The highest BCUT2D eigenvalue weighted by Crippen LogP contribution is 2.33. The molecule has 1 heteroatoms. The lowest BCUT2D eigenvalue weighted by atomic mass is 9.75. The normalized spacial score (nSPS) is 37.2. The van der Waals surface area contributed by atoms with Crippen LogP contribution in [-0.2, 0) is 0 Å². The van der Waals surface area contributed by atoms with Gasteiger partial charge in [-0.3, -0.25) is 0 Å². The van der Waals surface area contributed by atoms with Crippen molar-refractivity contribution in [3.8, 4) is 0 Å². The molecule has 1 nitrogen and oxygen atoms in total. The summed E-state index contributed by atoms with van der Waals surface area (Å²) in [5, 5.41) is 0. The zero-order chi connectivity index (χ0) is 9.14. The van der Waals surface area contributed by atoms with E-state index in [9.17, 15) is 0 Å². The van der Waals surface area contributed by atoms with E-state index in [4.69, 9.17) is 5.73 Å². The molecule has 72 valence electrons. The Hall–Kier alpha value is -0.0400. The summed E-state index contributed by atoms with van der Waals surface area (Å²) in [5.74, 6) is 2.66. The van der Waals surface area contributed by atoms with E-state index < -0.39 is 0 Å². The molecular weight excluding hydrogens is 146 g/mol. The molecule has 0 heterocycles. The van der Waals surface area contributed by atoms with Crippen molar-refractivity contribution in [2.24, 2.45) is 23.5 Å². The van der Waals surface area contributed by atoms with Crippen LogP contribution in [0.4, 0.5) is 0 Å². The van der Waals surface area contributed by atoms with Gasteiger partial charge in [0.05, 0.1) is 0 Å². The second-order valence-electron chi connectivity index (χ2n) is 4.94. The lowest BCUT2D eigenvalue weighted by molar-refractivity contribution is 0.202. The first-order valence-electron chi connectivity index (χ1n) is 5.35. The molecule has 0 bridgehead atoms. The van der Waals surface area contributed by atoms with Crippen LogP contribution in [0.5, 0.6) is 0 Å². The van der Waals surface area contributed by atoms with Crippen LogP contribution in [0.1, 0.15) is 46.5 Å². The fraction of sp³-hybridized carbons (Fsp3) is 1.00. The maximum Gasteiger partial charge on any atom is 0.00415 e. The van der Waals surface area contributed by atoms with E-state index in [0.29, 0.717) is 6.04 Å². The van der Waals surface area contributed by atoms with Crippen molar-refractivity contribution in [3.63, 3.8) is 0 Å². The summed E-state index contributed by atoms with van der Waals surface area (Å²) in [4.78, 5) is 0. The molecule has 0 aromatic rings. The van der Waals surface area contributed by atoms with E-state index in [1.807, 2.05) is 0 Å². The summed E-state index contributed by atoms with van der Waals surface area (Å²) >= 11 is 0. The molecule has 3 atom stereocenters. The quantitative estimate of drug-likeness (QED) is 0.676. The van der Waals surface area contributed by atoms with Crippen molar-refractivity contribution in [2.75, 3.05) is 0 Å². The highest BCUT2D eigenvalue weighted by atomic mass is 14.6. The molecule has 0 aromatic heterocycles. The summed E-state index contributed by atoms with van der Waals surface area (Å²) < 4.78 is 0. The first-order valence-corrected chi connectivity index (χ1v) is 5.35. The summed E-state index contributed by atoms with van der Waals surface area (Å²) in [6, 6.07) is 0.489. The van der Waals surface area contributed by atoms with Crippen LogP contribution in [0.25, 0.3) is 0 Å². The van der Waals surface area contributed by atoms with Crippen LogP contribution in [0.2, 0.25) is 0 Å². The minimum atomic E-state index is 0.489. The minimum absolute atomic E-state index is 0.489. The fourth-order valence-electron chi connectivity index (χ4n) is 2.46. The maximum absolute atomic E-state index is 5.92. The lowest BCUT2D eigenvalue weighted by Crippen LogP contribution is -2.32. The standard InChI is InChI=1S/C11H23N/c1-8(2)6-10-4-5-11(12)7-9(10)3/h8-11H,4-7,12H2,1-3H3. The predicted molar refractivity (Wildman–Crippen MR) is 53.9 cm³/mol. The van der Waals surface area contributed by atoms with Gasteiger partial charge >= 0.3 is 0 Å². The Labute approximate surface area is 76.7 Å².